The molecule has 1 fully saturated rings. The second kappa shape index (κ2) is 4.36. The van der Waals surface area contributed by atoms with E-state index in [0.29, 0.717) is 0 Å². The molecule has 0 aromatic carbocycles. The fourth-order valence-corrected chi connectivity index (χ4v) is 2.69. The maximum absolute atomic E-state index is 6.16. The molecule has 0 aliphatic heterocycles. The molecule has 4 heteroatoms. The van der Waals surface area contributed by atoms with E-state index in [2.05, 4.69) is 16.5 Å². The van der Waals surface area contributed by atoms with Gasteiger partial charge in [-0.1, -0.05) is 30.7 Å². The highest BCUT2D eigenvalue weighted by Gasteiger charge is 2.23. The van der Waals surface area contributed by atoms with Crippen LogP contribution in [0.3, 0.4) is 0 Å². The summed E-state index contributed by atoms with van der Waals surface area (Å²) in [6.45, 7) is 2.11. The zero-order valence-electron chi connectivity index (χ0n) is 8.57. The summed E-state index contributed by atoms with van der Waals surface area (Å²) < 4.78 is 3.98. The summed E-state index contributed by atoms with van der Waals surface area (Å²) >= 11 is 1.47. The largest absolute Gasteiger partial charge is 0.323 e. The number of aryl methyl sites for hydroxylation is 1. The van der Waals surface area contributed by atoms with E-state index in [0.717, 1.165) is 24.5 Å². The molecule has 0 bridgehead atoms. The Balaban J connectivity index is 1.98. The minimum Gasteiger partial charge on any atom is -0.323 e. The smallest absolute Gasteiger partial charge is 0.0800 e. The number of aromatic nitrogens is 2. The highest BCUT2D eigenvalue weighted by atomic mass is 32.1. The molecule has 1 heterocycles. The van der Waals surface area contributed by atoms with Crippen LogP contribution in [0.2, 0.25) is 0 Å². The molecule has 1 unspecified atom stereocenters. The van der Waals surface area contributed by atoms with E-state index in [1.54, 1.807) is 0 Å². The molecule has 1 atom stereocenters. The molecule has 78 valence electrons. The van der Waals surface area contributed by atoms with Gasteiger partial charge in [0.1, 0.15) is 0 Å². The molecule has 2 rings (SSSR count). The minimum atomic E-state index is 0.176. The lowest BCUT2D eigenvalue weighted by Crippen LogP contribution is -2.20. The third-order valence-electron chi connectivity index (χ3n) is 3.07. The molecule has 2 N–H and O–H groups in total. The van der Waals surface area contributed by atoms with Gasteiger partial charge in [-0.15, -0.1) is 5.10 Å². The lowest BCUT2D eigenvalue weighted by Gasteiger charge is -2.27. The molecule has 1 aliphatic rings. The van der Waals surface area contributed by atoms with Crippen molar-refractivity contribution in [2.75, 3.05) is 0 Å². The van der Waals surface area contributed by atoms with Gasteiger partial charge < -0.3 is 5.73 Å². The first-order chi connectivity index (χ1) is 6.81. The van der Waals surface area contributed by atoms with Gasteiger partial charge in [-0.25, -0.2) is 0 Å². The van der Waals surface area contributed by atoms with Crippen LogP contribution < -0.4 is 5.73 Å². The first-order valence-corrected chi connectivity index (χ1v) is 6.15. The molecular weight excluding hydrogens is 194 g/mol. The summed E-state index contributed by atoms with van der Waals surface area (Å²) in [5.41, 5.74) is 7.26. The van der Waals surface area contributed by atoms with Crippen molar-refractivity contribution in [1.29, 1.82) is 0 Å². The summed E-state index contributed by atoms with van der Waals surface area (Å²) in [4.78, 5) is 1.21. The Morgan fingerprint density at radius 2 is 2.36 bits per heavy atom. The highest BCUT2D eigenvalue weighted by Crippen LogP contribution is 2.35. The van der Waals surface area contributed by atoms with Crippen molar-refractivity contribution in [2.24, 2.45) is 11.7 Å². The quantitative estimate of drug-likeness (QED) is 0.831. The van der Waals surface area contributed by atoms with Crippen LogP contribution in [0.15, 0.2) is 0 Å². The Labute approximate surface area is 88.9 Å². The highest BCUT2D eigenvalue weighted by molar-refractivity contribution is 7.05. The third kappa shape index (κ3) is 1.96. The second-order valence-corrected chi connectivity index (χ2v) is 4.86. The maximum Gasteiger partial charge on any atom is 0.0800 e. The van der Waals surface area contributed by atoms with Crippen molar-refractivity contribution >= 4 is 11.5 Å². The molecular formula is C10H17N3S. The molecule has 0 spiro atoms. The van der Waals surface area contributed by atoms with Gasteiger partial charge in [0.2, 0.25) is 0 Å². The van der Waals surface area contributed by atoms with E-state index in [4.69, 9.17) is 5.73 Å². The van der Waals surface area contributed by atoms with E-state index in [-0.39, 0.29) is 6.04 Å². The zero-order valence-corrected chi connectivity index (χ0v) is 9.39. The van der Waals surface area contributed by atoms with Gasteiger partial charge in [0, 0.05) is 6.04 Å². The van der Waals surface area contributed by atoms with Crippen molar-refractivity contribution in [2.45, 2.75) is 45.1 Å². The van der Waals surface area contributed by atoms with E-state index >= 15 is 0 Å². The summed E-state index contributed by atoms with van der Waals surface area (Å²) in [5.74, 6) is 0.858. The normalized spacial score (nSPS) is 19.3. The van der Waals surface area contributed by atoms with E-state index < -0.39 is 0 Å². The van der Waals surface area contributed by atoms with E-state index in [9.17, 15) is 0 Å². The monoisotopic (exact) mass is 211 g/mol. The molecule has 1 aliphatic carbocycles. The number of hydrogen-bond donors (Lipinski definition) is 1. The van der Waals surface area contributed by atoms with Crippen molar-refractivity contribution in [3.05, 3.63) is 10.6 Å². The van der Waals surface area contributed by atoms with Crippen molar-refractivity contribution in [3.8, 4) is 0 Å². The van der Waals surface area contributed by atoms with E-state index in [1.165, 1.54) is 35.7 Å². The summed E-state index contributed by atoms with van der Waals surface area (Å²) in [6.07, 6.45) is 6.18. The van der Waals surface area contributed by atoms with Crippen LogP contribution in [-0.2, 0) is 6.42 Å². The standard InChI is InChI=1S/C10H17N3S/c1-2-9-10(14-13-12-9)8(11)6-7-4-3-5-7/h7-8H,2-6,11H2,1H3. The number of rotatable bonds is 4. The van der Waals surface area contributed by atoms with Gasteiger partial charge in [0.15, 0.2) is 0 Å². The van der Waals surface area contributed by atoms with Crippen LogP contribution in [0, 0.1) is 5.92 Å². The topological polar surface area (TPSA) is 51.8 Å². The van der Waals surface area contributed by atoms with Gasteiger partial charge in [-0.2, -0.15) is 0 Å². The second-order valence-electron chi connectivity index (χ2n) is 4.08. The lowest BCUT2D eigenvalue weighted by atomic mass is 9.80. The average molecular weight is 211 g/mol. The molecule has 0 amide bonds. The lowest BCUT2D eigenvalue weighted by molar-refractivity contribution is 0.278. The van der Waals surface area contributed by atoms with Crippen LogP contribution in [0.4, 0.5) is 0 Å². The van der Waals surface area contributed by atoms with E-state index in [1.807, 2.05) is 0 Å². The van der Waals surface area contributed by atoms with Crippen LogP contribution >= 0.6 is 11.5 Å². The van der Waals surface area contributed by atoms with Gasteiger partial charge in [0.25, 0.3) is 0 Å². The van der Waals surface area contributed by atoms with Crippen LogP contribution in [0.1, 0.15) is 49.2 Å². The van der Waals surface area contributed by atoms with Gasteiger partial charge in [0.05, 0.1) is 10.6 Å². The summed E-state index contributed by atoms with van der Waals surface area (Å²) in [7, 11) is 0. The van der Waals surface area contributed by atoms with Crippen molar-refractivity contribution in [3.63, 3.8) is 0 Å². The predicted octanol–water partition coefficient (Wildman–Crippen LogP) is 2.29. The van der Waals surface area contributed by atoms with Crippen LogP contribution in [0.25, 0.3) is 0 Å². The Morgan fingerprint density at radius 3 is 2.93 bits per heavy atom. The molecule has 3 nitrogen and oxygen atoms in total. The SMILES string of the molecule is CCc1nnsc1C(N)CC1CCC1. The molecule has 1 aromatic heterocycles. The summed E-state index contributed by atoms with van der Waals surface area (Å²) in [5, 5.41) is 4.10. The average Bonchev–Trinajstić information content (AvgIpc) is 2.58. The first kappa shape index (κ1) is 10.1. The van der Waals surface area contributed by atoms with Crippen molar-refractivity contribution < 1.29 is 0 Å². The Morgan fingerprint density at radius 1 is 1.57 bits per heavy atom. The molecule has 14 heavy (non-hydrogen) atoms. The van der Waals surface area contributed by atoms with Gasteiger partial charge in [-0.3, -0.25) is 0 Å². The summed E-state index contributed by atoms with van der Waals surface area (Å²) in [6, 6.07) is 0.176. The van der Waals surface area contributed by atoms with Gasteiger partial charge in [-0.05, 0) is 30.3 Å². The molecule has 0 saturated heterocycles. The Bertz CT molecular complexity index is 293. The fourth-order valence-electron chi connectivity index (χ4n) is 1.94. The van der Waals surface area contributed by atoms with Gasteiger partial charge >= 0.3 is 0 Å². The first-order valence-electron chi connectivity index (χ1n) is 5.38. The predicted molar refractivity (Wildman–Crippen MR) is 58.2 cm³/mol. The van der Waals surface area contributed by atoms with Crippen molar-refractivity contribution in [1.82, 2.24) is 9.59 Å². The fraction of sp³-hybridized carbons (Fsp3) is 0.800. The molecule has 0 radical (unpaired) electrons. The molecule has 1 saturated carbocycles. The van der Waals surface area contributed by atoms with Crippen LogP contribution in [0.5, 0.6) is 0 Å². The number of nitrogens with zero attached hydrogens (tertiary/aromatic N) is 2. The number of hydrogen-bond acceptors (Lipinski definition) is 4. The zero-order chi connectivity index (χ0) is 9.97. The molecule has 1 aromatic rings. The third-order valence-corrected chi connectivity index (χ3v) is 3.97. The van der Waals surface area contributed by atoms with Crippen LogP contribution in [-0.4, -0.2) is 9.59 Å². The number of nitrogens with two attached hydrogens (primary N) is 1. The Kier molecular flexibility index (Phi) is 3.13. The minimum absolute atomic E-state index is 0.176. The maximum atomic E-state index is 6.16. The Hall–Kier alpha value is -0.480.